The highest BCUT2D eigenvalue weighted by molar-refractivity contribution is 5.29. The zero-order chi connectivity index (χ0) is 7.98. The number of aromatic hydroxyl groups is 1. The van der Waals surface area contributed by atoms with Gasteiger partial charge in [-0.2, -0.15) is 0 Å². The first-order chi connectivity index (χ1) is 4.80. The fourth-order valence-electron chi connectivity index (χ4n) is 0.563. The maximum Gasteiger partial charge on any atom is 0.118 e. The van der Waals surface area contributed by atoms with Crippen LogP contribution in [-0.2, 0) is 0 Å². The SMILES string of the molecule is C#C.Cc1ccccc1O. The van der Waals surface area contributed by atoms with Crippen LogP contribution in [-0.4, -0.2) is 5.11 Å². The zero-order valence-electron chi connectivity index (χ0n) is 5.91. The topological polar surface area (TPSA) is 20.2 Å². The molecule has 0 heterocycles. The normalized spacial score (nSPS) is 7.50. The quantitative estimate of drug-likeness (QED) is 0.538. The largest absolute Gasteiger partial charge is 0.508 e. The van der Waals surface area contributed by atoms with Gasteiger partial charge in [0.2, 0.25) is 0 Å². The van der Waals surface area contributed by atoms with Crippen LogP contribution in [0.1, 0.15) is 5.56 Å². The molecule has 1 aromatic carbocycles. The third kappa shape index (κ3) is 2.23. The van der Waals surface area contributed by atoms with Gasteiger partial charge in [-0.15, -0.1) is 12.8 Å². The molecule has 0 aromatic heterocycles. The molecule has 0 fully saturated rings. The van der Waals surface area contributed by atoms with Crippen molar-refractivity contribution in [2.24, 2.45) is 0 Å². The summed E-state index contributed by atoms with van der Waals surface area (Å²) in [5, 5.41) is 8.92. The number of hydrogen-bond acceptors (Lipinski definition) is 1. The predicted octanol–water partition coefficient (Wildman–Crippen LogP) is 1.95. The summed E-state index contributed by atoms with van der Waals surface area (Å²) in [5.74, 6) is 0.368. The minimum atomic E-state index is 0.368. The molecule has 52 valence electrons. The first-order valence-corrected chi connectivity index (χ1v) is 2.88. The average molecular weight is 134 g/mol. The standard InChI is InChI=1S/C7H8O.C2H2/c1-6-4-2-3-5-7(6)8;1-2/h2-5,8H,1H3;1-2H. The molecule has 0 unspecified atom stereocenters. The van der Waals surface area contributed by atoms with Gasteiger partial charge in [0.15, 0.2) is 0 Å². The summed E-state index contributed by atoms with van der Waals surface area (Å²) < 4.78 is 0. The Bertz CT molecular complexity index is 192. The molecular formula is C9H10O. The van der Waals surface area contributed by atoms with Crippen LogP contribution < -0.4 is 0 Å². The molecule has 1 N–H and O–H groups in total. The van der Waals surface area contributed by atoms with Gasteiger partial charge < -0.3 is 5.11 Å². The number of para-hydroxylation sites is 1. The van der Waals surface area contributed by atoms with Gasteiger partial charge in [-0.25, -0.2) is 0 Å². The molecule has 0 spiro atoms. The smallest absolute Gasteiger partial charge is 0.118 e. The van der Waals surface area contributed by atoms with Crippen molar-refractivity contribution in [3.8, 4) is 18.6 Å². The summed E-state index contributed by atoms with van der Waals surface area (Å²) in [5.41, 5.74) is 0.924. The van der Waals surface area contributed by atoms with E-state index in [-0.39, 0.29) is 0 Å². The lowest BCUT2D eigenvalue weighted by atomic mass is 10.2. The summed E-state index contributed by atoms with van der Waals surface area (Å²) in [6.45, 7) is 1.87. The Kier molecular flexibility index (Phi) is 3.83. The van der Waals surface area contributed by atoms with Crippen molar-refractivity contribution in [1.82, 2.24) is 0 Å². The summed E-state index contributed by atoms with van der Waals surface area (Å²) in [7, 11) is 0. The molecular weight excluding hydrogens is 124 g/mol. The number of hydrogen-bond donors (Lipinski definition) is 1. The van der Waals surface area contributed by atoms with E-state index in [1.165, 1.54) is 0 Å². The van der Waals surface area contributed by atoms with Crippen LogP contribution in [0.2, 0.25) is 0 Å². The number of benzene rings is 1. The second-order valence-electron chi connectivity index (χ2n) is 1.79. The molecule has 0 aliphatic rings. The van der Waals surface area contributed by atoms with Crippen molar-refractivity contribution in [3.05, 3.63) is 29.8 Å². The first kappa shape index (κ1) is 8.58. The van der Waals surface area contributed by atoms with Crippen molar-refractivity contribution in [1.29, 1.82) is 0 Å². The molecule has 0 atom stereocenters. The van der Waals surface area contributed by atoms with E-state index < -0.39 is 0 Å². The molecule has 0 amide bonds. The minimum absolute atomic E-state index is 0.368. The average Bonchev–Trinajstić information content (AvgIpc) is 2.00. The maximum atomic E-state index is 8.92. The van der Waals surface area contributed by atoms with Gasteiger partial charge in [0.1, 0.15) is 5.75 Å². The van der Waals surface area contributed by atoms with Crippen LogP contribution in [0.5, 0.6) is 5.75 Å². The lowest BCUT2D eigenvalue weighted by Gasteiger charge is -1.92. The van der Waals surface area contributed by atoms with E-state index in [4.69, 9.17) is 5.11 Å². The van der Waals surface area contributed by atoms with Gasteiger partial charge in [-0.05, 0) is 18.6 Å². The van der Waals surface area contributed by atoms with E-state index in [0.717, 1.165) is 5.56 Å². The van der Waals surface area contributed by atoms with E-state index in [1.54, 1.807) is 6.07 Å². The van der Waals surface area contributed by atoms with Gasteiger partial charge in [0, 0.05) is 0 Å². The van der Waals surface area contributed by atoms with Crippen molar-refractivity contribution in [2.75, 3.05) is 0 Å². The van der Waals surface area contributed by atoms with Crippen LogP contribution >= 0.6 is 0 Å². The molecule has 1 rings (SSSR count). The van der Waals surface area contributed by atoms with E-state index in [9.17, 15) is 0 Å². The zero-order valence-corrected chi connectivity index (χ0v) is 5.91. The second-order valence-corrected chi connectivity index (χ2v) is 1.79. The Morgan fingerprint density at radius 2 is 1.70 bits per heavy atom. The van der Waals surface area contributed by atoms with Crippen molar-refractivity contribution < 1.29 is 5.11 Å². The fourth-order valence-corrected chi connectivity index (χ4v) is 0.563. The van der Waals surface area contributed by atoms with E-state index in [2.05, 4.69) is 12.8 Å². The highest BCUT2D eigenvalue weighted by Crippen LogP contribution is 2.12. The lowest BCUT2D eigenvalue weighted by Crippen LogP contribution is -1.68. The molecule has 0 radical (unpaired) electrons. The summed E-state index contributed by atoms with van der Waals surface area (Å²) in [6, 6.07) is 7.25. The van der Waals surface area contributed by atoms with Gasteiger partial charge in [0.25, 0.3) is 0 Å². The molecule has 0 saturated heterocycles. The predicted molar refractivity (Wildman–Crippen MR) is 42.7 cm³/mol. The van der Waals surface area contributed by atoms with E-state index in [1.807, 2.05) is 25.1 Å². The van der Waals surface area contributed by atoms with Gasteiger partial charge >= 0.3 is 0 Å². The molecule has 0 aliphatic carbocycles. The monoisotopic (exact) mass is 134 g/mol. The minimum Gasteiger partial charge on any atom is -0.508 e. The van der Waals surface area contributed by atoms with E-state index in [0.29, 0.717) is 5.75 Å². The number of phenols is 1. The molecule has 1 nitrogen and oxygen atoms in total. The fraction of sp³-hybridized carbons (Fsp3) is 0.111. The Balaban J connectivity index is 0.000000371. The van der Waals surface area contributed by atoms with Gasteiger partial charge in [-0.3, -0.25) is 0 Å². The number of aryl methyl sites for hydroxylation is 1. The Morgan fingerprint density at radius 1 is 1.20 bits per heavy atom. The number of terminal acetylenes is 1. The summed E-state index contributed by atoms with van der Waals surface area (Å²) in [4.78, 5) is 0. The Labute approximate surface area is 61.3 Å². The van der Waals surface area contributed by atoms with Crippen molar-refractivity contribution in [3.63, 3.8) is 0 Å². The lowest BCUT2D eigenvalue weighted by molar-refractivity contribution is 0.471. The number of rotatable bonds is 0. The Morgan fingerprint density at radius 3 is 2.00 bits per heavy atom. The second kappa shape index (κ2) is 4.46. The third-order valence-corrected chi connectivity index (χ3v) is 1.12. The van der Waals surface area contributed by atoms with Crippen LogP contribution in [0.3, 0.4) is 0 Å². The highest BCUT2D eigenvalue weighted by atomic mass is 16.3. The highest BCUT2D eigenvalue weighted by Gasteiger charge is 1.86. The van der Waals surface area contributed by atoms with Crippen molar-refractivity contribution in [2.45, 2.75) is 6.92 Å². The molecule has 1 aromatic rings. The summed E-state index contributed by atoms with van der Waals surface area (Å²) in [6.07, 6.45) is 8.00. The number of phenolic OH excluding ortho intramolecular Hbond substituents is 1. The van der Waals surface area contributed by atoms with Crippen LogP contribution in [0.15, 0.2) is 24.3 Å². The van der Waals surface area contributed by atoms with Crippen LogP contribution in [0.4, 0.5) is 0 Å². The van der Waals surface area contributed by atoms with Gasteiger partial charge in [0.05, 0.1) is 0 Å². The third-order valence-electron chi connectivity index (χ3n) is 1.12. The van der Waals surface area contributed by atoms with Crippen molar-refractivity contribution >= 4 is 0 Å². The maximum absolute atomic E-state index is 8.92. The first-order valence-electron chi connectivity index (χ1n) is 2.88. The van der Waals surface area contributed by atoms with Crippen LogP contribution in [0.25, 0.3) is 0 Å². The van der Waals surface area contributed by atoms with E-state index >= 15 is 0 Å². The molecule has 0 aliphatic heterocycles. The Hall–Kier alpha value is -1.42. The summed E-state index contributed by atoms with van der Waals surface area (Å²) >= 11 is 0. The molecule has 0 bridgehead atoms. The van der Waals surface area contributed by atoms with Gasteiger partial charge in [-0.1, -0.05) is 18.2 Å². The molecule has 0 saturated carbocycles. The molecule has 10 heavy (non-hydrogen) atoms. The van der Waals surface area contributed by atoms with Crippen LogP contribution in [0, 0.1) is 19.8 Å². The molecule has 1 heteroatoms.